The van der Waals surface area contributed by atoms with E-state index < -0.39 is 11.0 Å². The molecule has 21 heavy (non-hydrogen) atoms. The Morgan fingerprint density at radius 1 is 1.62 bits per heavy atom. The largest absolute Gasteiger partial charge is 0.481 e. The van der Waals surface area contributed by atoms with Crippen LogP contribution in [0.5, 0.6) is 5.75 Å². The Balaban J connectivity index is 2.35. The summed E-state index contributed by atoms with van der Waals surface area (Å²) in [5.41, 5.74) is 0.300. The first-order chi connectivity index (χ1) is 10.0. The molecule has 0 saturated carbocycles. The number of hydrogen-bond donors (Lipinski definition) is 3. The average Bonchev–Trinajstić information content (AvgIpc) is 2.45. The Labute approximate surface area is 120 Å². The van der Waals surface area contributed by atoms with E-state index in [1.165, 1.54) is 19.2 Å². The van der Waals surface area contributed by atoms with Gasteiger partial charge in [0.2, 0.25) is 0 Å². The number of anilines is 2. The maximum Gasteiger partial charge on any atom is 0.296 e. The molecule has 1 unspecified atom stereocenters. The number of hydrogen-bond acceptors (Lipinski definition) is 7. The van der Waals surface area contributed by atoms with Crippen LogP contribution in [-0.2, 0) is 9.53 Å². The van der Waals surface area contributed by atoms with Crippen molar-refractivity contribution < 1.29 is 24.3 Å². The number of aliphatic hydroxyl groups excluding tert-OH is 1. The van der Waals surface area contributed by atoms with Gasteiger partial charge >= 0.3 is 0 Å². The van der Waals surface area contributed by atoms with Crippen molar-refractivity contribution in [1.29, 1.82) is 0 Å². The van der Waals surface area contributed by atoms with E-state index in [0.717, 1.165) is 0 Å². The van der Waals surface area contributed by atoms with Crippen LogP contribution in [0.4, 0.5) is 17.1 Å². The lowest BCUT2D eigenvalue weighted by Crippen LogP contribution is -2.30. The number of methoxy groups -OCH3 is 1. The maximum absolute atomic E-state index is 11.3. The Hall–Kier alpha value is -2.39. The van der Waals surface area contributed by atoms with Crippen LogP contribution in [0.2, 0.25) is 0 Å². The molecule has 9 nitrogen and oxygen atoms in total. The predicted octanol–water partition coefficient (Wildman–Crippen LogP) is 0.345. The third-order valence-corrected chi connectivity index (χ3v) is 2.88. The van der Waals surface area contributed by atoms with E-state index in [1.807, 2.05) is 0 Å². The number of rotatable bonds is 6. The number of carbonyl (C=O) groups excluding carboxylic acids is 1. The lowest BCUT2D eigenvalue weighted by atomic mass is 10.2. The fourth-order valence-electron chi connectivity index (χ4n) is 1.94. The molecule has 0 aromatic heterocycles. The fraction of sp³-hybridized carbons (Fsp3) is 0.417. The van der Waals surface area contributed by atoms with E-state index >= 15 is 0 Å². The van der Waals surface area contributed by atoms with E-state index in [-0.39, 0.29) is 42.9 Å². The molecule has 114 valence electrons. The summed E-state index contributed by atoms with van der Waals surface area (Å²) >= 11 is 0. The molecule has 0 spiro atoms. The van der Waals surface area contributed by atoms with Gasteiger partial charge in [0, 0.05) is 7.11 Å². The van der Waals surface area contributed by atoms with Gasteiger partial charge < -0.3 is 25.2 Å². The second kappa shape index (κ2) is 6.37. The minimum Gasteiger partial charge on any atom is -0.481 e. The van der Waals surface area contributed by atoms with E-state index in [0.29, 0.717) is 5.69 Å². The molecule has 1 aromatic rings. The molecule has 2 rings (SSSR count). The molecule has 0 aliphatic carbocycles. The molecule has 3 N–H and O–H groups in total. The van der Waals surface area contributed by atoms with E-state index in [1.54, 1.807) is 0 Å². The SMILES string of the molecule is COCC(CO)Nc1cc2c(cc1[N+](=O)[O-])OCC(=O)N2. The zero-order valence-corrected chi connectivity index (χ0v) is 11.3. The highest BCUT2D eigenvalue weighted by Gasteiger charge is 2.24. The van der Waals surface area contributed by atoms with Crippen molar-refractivity contribution in [2.75, 3.05) is 37.6 Å². The van der Waals surface area contributed by atoms with E-state index in [9.17, 15) is 20.0 Å². The third-order valence-electron chi connectivity index (χ3n) is 2.88. The summed E-state index contributed by atoms with van der Waals surface area (Å²) in [6, 6.07) is 2.13. The third kappa shape index (κ3) is 3.38. The summed E-state index contributed by atoms with van der Waals surface area (Å²) < 4.78 is 10.1. The highest BCUT2D eigenvalue weighted by atomic mass is 16.6. The normalized spacial score (nSPS) is 14.7. The molecule has 9 heteroatoms. The predicted molar refractivity (Wildman–Crippen MR) is 73.6 cm³/mol. The quantitative estimate of drug-likeness (QED) is 0.511. The molecule has 1 amide bonds. The molecule has 1 heterocycles. The lowest BCUT2D eigenvalue weighted by molar-refractivity contribution is -0.384. The highest BCUT2D eigenvalue weighted by Crippen LogP contribution is 2.38. The van der Waals surface area contributed by atoms with Crippen LogP contribution in [-0.4, -0.2) is 48.9 Å². The smallest absolute Gasteiger partial charge is 0.296 e. The summed E-state index contributed by atoms with van der Waals surface area (Å²) in [6.07, 6.45) is 0. The molecule has 1 atom stereocenters. The van der Waals surface area contributed by atoms with Crippen LogP contribution < -0.4 is 15.4 Å². The summed E-state index contributed by atoms with van der Waals surface area (Å²) in [6.45, 7) is -0.265. The number of nitrogens with one attached hydrogen (secondary N) is 2. The summed E-state index contributed by atoms with van der Waals surface area (Å²) in [7, 11) is 1.46. The second-order valence-electron chi connectivity index (χ2n) is 4.44. The van der Waals surface area contributed by atoms with Gasteiger partial charge in [0.05, 0.1) is 35.9 Å². The first kappa shape index (κ1) is 15.0. The molecule has 0 saturated heterocycles. The Bertz CT molecular complexity index is 562. The topological polar surface area (TPSA) is 123 Å². The molecule has 1 aromatic carbocycles. The number of aliphatic hydroxyl groups is 1. The minimum absolute atomic E-state index is 0.167. The number of nitrogens with zero attached hydrogens (tertiary/aromatic N) is 1. The van der Waals surface area contributed by atoms with Crippen molar-refractivity contribution >= 4 is 23.0 Å². The van der Waals surface area contributed by atoms with Gasteiger partial charge in [0.25, 0.3) is 11.6 Å². The number of benzene rings is 1. The van der Waals surface area contributed by atoms with E-state index in [4.69, 9.17) is 9.47 Å². The molecule has 1 aliphatic heterocycles. The van der Waals surface area contributed by atoms with Gasteiger partial charge in [-0.05, 0) is 6.07 Å². The molecular formula is C12H15N3O6. The van der Waals surface area contributed by atoms with Gasteiger partial charge in [0.15, 0.2) is 12.4 Å². The Morgan fingerprint density at radius 3 is 3.00 bits per heavy atom. The van der Waals surface area contributed by atoms with E-state index in [2.05, 4.69) is 10.6 Å². The number of fused-ring (bicyclic) bond motifs is 1. The summed E-state index contributed by atoms with van der Waals surface area (Å²) in [4.78, 5) is 21.8. The number of nitro benzene ring substituents is 1. The lowest BCUT2D eigenvalue weighted by Gasteiger charge is -2.21. The number of carbonyl (C=O) groups is 1. The molecule has 0 radical (unpaired) electrons. The van der Waals surface area contributed by atoms with Crippen LogP contribution >= 0.6 is 0 Å². The van der Waals surface area contributed by atoms with Gasteiger partial charge in [0.1, 0.15) is 5.69 Å². The summed E-state index contributed by atoms with van der Waals surface area (Å²) in [5, 5.41) is 25.7. The first-order valence-electron chi connectivity index (χ1n) is 6.16. The van der Waals surface area contributed by atoms with Crippen molar-refractivity contribution in [1.82, 2.24) is 0 Å². The van der Waals surface area contributed by atoms with Crippen LogP contribution in [0.15, 0.2) is 12.1 Å². The van der Waals surface area contributed by atoms with Gasteiger partial charge in [-0.2, -0.15) is 0 Å². The number of amides is 1. The standard InChI is InChI=1S/C12H15N3O6/c1-20-5-7(4-16)13-8-2-9-11(3-10(8)15(18)19)21-6-12(17)14-9/h2-3,7,13,16H,4-6H2,1H3,(H,14,17). The van der Waals surface area contributed by atoms with Crippen molar-refractivity contribution in [2.45, 2.75) is 6.04 Å². The first-order valence-corrected chi connectivity index (χ1v) is 6.16. The van der Waals surface area contributed by atoms with Crippen LogP contribution in [0, 0.1) is 10.1 Å². The minimum atomic E-state index is -0.566. The van der Waals surface area contributed by atoms with Gasteiger partial charge in [-0.3, -0.25) is 14.9 Å². The molecule has 0 fully saturated rings. The van der Waals surface area contributed by atoms with Crippen LogP contribution in [0.25, 0.3) is 0 Å². The van der Waals surface area contributed by atoms with Crippen molar-refractivity contribution in [3.63, 3.8) is 0 Å². The zero-order valence-electron chi connectivity index (χ0n) is 11.3. The number of nitro groups is 1. The Morgan fingerprint density at radius 2 is 2.38 bits per heavy atom. The monoisotopic (exact) mass is 297 g/mol. The Kier molecular flexibility index (Phi) is 4.55. The number of ether oxygens (including phenoxy) is 2. The second-order valence-corrected chi connectivity index (χ2v) is 4.44. The summed E-state index contributed by atoms with van der Waals surface area (Å²) in [5.74, 6) is -0.1000. The highest BCUT2D eigenvalue weighted by molar-refractivity contribution is 5.96. The molecule has 1 aliphatic rings. The van der Waals surface area contributed by atoms with Gasteiger partial charge in [-0.25, -0.2) is 0 Å². The van der Waals surface area contributed by atoms with Gasteiger partial charge in [-0.1, -0.05) is 0 Å². The van der Waals surface area contributed by atoms with Gasteiger partial charge in [-0.15, -0.1) is 0 Å². The zero-order chi connectivity index (χ0) is 15.4. The fourth-order valence-corrected chi connectivity index (χ4v) is 1.94. The average molecular weight is 297 g/mol. The van der Waals surface area contributed by atoms with Crippen LogP contribution in [0.3, 0.4) is 0 Å². The van der Waals surface area contributed by atoms with Crippen molar-refractivity contribution in [3.8, 4) is 5.75 Å². The van der Waals surface area contributed by atoms with Crippen molar-refractivity contribution in [3.05, 3.63) is 22.2 Å². The molecular weight excluding hydrogens is 282 g/mol. The van der Waals surface area contributed by atoms with Crippen molar-refractivity contribution in [2.24, 2.45) is 0 Å². The van der Waals surface area contributed by atoms with Crippen LogP contribution in [0.1, 0.15) is 0 Å². The molecule has 0 bridgehead atoms. The maximum atomic E-state index is 11.3.